The van der Waals surface area contributed by atoms with Gasteiger partial charge in [0.1, 0.15) is 22.6 Å². The van der Waals surface area contributed by atoms with Crippen molar-refractivity contribution in [2.24, 2.45) is 0 Å². The van der Waals surface area contributed by atoms with Gasteiger partial charge in [0.05, 0.1) is 32.2 Å². The first-order valence-corrected chi connectivity index (χ1v) is 11.3. The molecule has 1 aliphatic heterocycles. The summed E-state index contributed by atoms with van der Waals surface area (Å²) in [7, 11) is 1.70. The fourth-order valence-corrected chi connectivity index (χ4v) is 4.62. The van der Waals surface area contributed by atoms with Gasteiger partial charge in [0.2, 0.25) is 0 Å². The highest BCUT2D eigenvalue weighted by atomic mass is 16.5. The lowest BCUT2D eigenvalue weighted by Gasteiger charge is -2.30. The summed E-state index contributed by atoms with van der Waals surface area (Å²) in [5.74, 6) is 3.20. The van der Waals surface area contributed by atoms with Gasteiger partial charge in [-0.15, -0.1) is 0 Å². The normalized spacial score (nSPS) is 20.1. The Hall–Kier alpha value is -3.65. The summed E-state index contributed by atoms with van der Waals surface area (Å²) in [6.07, 6.45) is 2.82. The Balaban J connectivity index is 1.29. The highest BCUT2D eigenvalue weighted by Gasteiger charge is 2.42. The molecule has 0 unspecified atom stereocenters. The fraction of sp³-hybridized carbons (Fsp3) is 0.320. The molecule has 2 atom stereocenters. The number of benzene rings is 2. The maximum absolute atomic E-state index is 5.71. The second kappa shape index (κ2) is 8.37. The Labute approximate surface area is 192 Å². The van der Waals surface area contributed by atoms with Crippen LogP contribution in [-0.2, 0) is 4.74 Å². The quantitative estimate of drug-likeness (QED) is 0.462. The number of hydrogen-bond acceptors (Lipinski definition) is 7. The van der Waals surface area contributed by atoms with Crippen LogP contribution >= 0.6 is 0 Å². The molecule has 2 aromatic heterocycles. The summed E-state index contributed by atoms with van der Waals surface area (Å²) in [5.41, 5.74) is 4.94. The lowest BCUT2D eigenvalue weighted by Crippen LogP contribution is -2.36. The summed E-state index contributed by atoms with van der Waals surface area (Å²) in [6, 6.07) is 16.8. The first-order chi connectivity index (χ1) is 16.3. The third-order valence-electron chi connectivity index (χ3n) is 6.46. The van der Waals surface area contributed by atoms with Gasteiger partial charge >= 0.3 is 0 Å². The van der Waals surface area contributed by atoms with E-state index in [0.717, 1.165) is 72.5 Å². The lowest BCUT2D eigenvalue weighted by molar-refractivity contribution is 0.122. The van der Waals surface area contributed by atoms with Crippen molar-refractivity contribution < 1.29 is 9.47 Å². The predicted octanol–water partition coefficient (Wildman–Crippen LogP) is 4.21. The van der Waals surface area contributed by atoms with Crippen LogP contribution in [0.15, 0.2) is 54.7 Å². The Morgan fingerprint density at radius 2 is 1.91 bits per heavy atom. The number of nitrogens with one attached hydrogen (secondary N) is 2. The SMILES string of the molecule is COc1cc(Nc2nc([C@H]3C[C@@H]3c3ccccc3)nc3cn[nH]c23)ccc1N1CCOCC1. The zero-order chi connectivity index (χ0) is 22.2. The summed E-state index contributed by atoms with van der Waals surface area (Å²) < 4.78 is 11.2. The maximum Gasteiger partial charge on any atom is 0.160 e. The summed E-state index contributed by atoms with van der Waals surface area (Å²) in [5, 5.41) is 10.7. The van der Waals surface area contributed by atoms with E-state index >= 15 is 0 Å². The predicted molar refractivity (Wildman–Crippen MR) is 128 cm³/mol. The lowest BCUT2D eigenvalue weighted by atomic mass is 10.1. The van der Waals surface area contributed by atoms with E-state index in [-0.39, 0.29) is 0 Å². The molecule has 2 N–H and O–H groups in total. The molecule has 3 heterocycles. The average molecular weight is 443 g/mol. The first kappa shape index (κ1) is 20.0. The molecule has 2 aromatic carbocycles. The number of morpholine rings is 1. The van der Waals surface area contributed by atoms with E-state index in [9.17, 15) is 0 Å². The van der Waals surface area contributed by atoms with Gasteiger partial charge in [0.25, 0.3) is 0 Å². The largest absolute Gasteiger partial charge is 0.495 e. The number of aromatic nitrogens is 4. The second-order valence-corrected chi connectivity index (χ2v) is 8.53. The van der Waals surface area contributed by atoms with E-state index in [1.54, 1.807) is 13.3 Å². The van der Waals surface area contributed by atoms with Crippen molar-refractivity contribution in [1.82, 2.24) is 20.2 Å². The smallest absolute Gasteiger partial charge is 0.160 e. The molecule has 1 saturated carbocycles. The van der Waals surface area contributed by atoms with Gasteiger partial charge in [-0.1, -0.05) is 30.3 Å². The van der Waals surface area contributed by atoms with Crippen LogP contribution in [0.5, 0.6) is 5.75 Å². The molecule has 1 saturated heterocycles. The van der Waals surface area contributed by atoms with E-state index < -0.39 is 0 Å². The molecule has 0 amide bonds. The van der Waals surface area contributed by atoms with Crippen LogP contribution < -0.4 is 15.0 Å². The van der Waals surface area contributed by atoms with E-state index in [2.05, 4.69) is 62.9 Å². The molecule has 8 nitrogen and oxygen atoms in total. The fourth-order valence-electron chi connectivity index (χ4n) is 4.62. The standard InChI is InChI=1S/C25H26N6O2/c1-32-22-13-17(7-8-21(22)31-9-11-33-12-10-31)27-25-23-20(15-26-30-23)28-24(29-25)19-14-18(19)16-5-3-2-4-6-16/h2-8,13,15,18-19H,9-12,14H2,1H3,(H,26,30)(H,27,28,29)/t18-,19+/m1/s1. The van der Waals surface area contributed by atoms with Crippen molar-refractivity contribution in [3.8, 4) is 5.75 Å². The maximum atomic E-state index is 5.71. The van der Waals surface area contributed by atoms with E-state index in [0.29, 0.717) is 11.8 Å². The van der Waals surface area contributed by atoms with Crippen molar-refractivity contribution in [2.75, 3.05) is 43.6 Å². The molecule has 4 aromatic rings. The van der Waals surface area contributed by atoms with Crippen LogP contribution in [0.1, 0.15) is 29.6 Å². The zero-order valence-corrected chi connectivity index (χ0v) is 18.5. The molecule has 0 spiro atoms. The van der Waals surface area contributed by atoms with Gasteiger partial charge in [-0.3, -0.25) is 5.10 Å². The van der Waals surface area contributed by atoms with Crippen molar-refractivity contribution in [1.29, 1.82) is 0 Å². The number of anilines is 3. The minimum Gasteiger partial charge on any atom is -0.495 e. The Kier molecular flexibility index (Phi) is 5.07. The van der Waals surface area contributed by atoms with Gasteiger partial charge in [-0.25, -0.2) is 9.97 Å². The highest BCUT2D eigenvalue weighted by molar-refractivity contribution is 5.87. The zero-order valence-electron chi connectivity index (χ0n) is 18.5. The van der Waals surface area contributed by atoms with Gasteiger partial charge in [-0.2, -0.15) is 5.10 Å². The molecule has 0 radical (unpaired) electrons. The van der Waals surface area contributed by atoms with E-state index in [1.165, 1.54) is 5.56 Å². The minimum atomic E-state index is 0.325. The van der Waals surface area contributed by atoms with Crippen LogP contribution in [-0.4, -0.2) is 53.6 Å². The minimum absolute atomic E-state index is 0.325. The highest BCUT2D eigenvalue weighted by Crippen LogP contribution is 2.53. The second-order valence-electron chi connectivity index (χ2n) is 8.53. The molecule has 8 heteroatoms. The van der Waals surface area contributed by atoms with Crippen LogP contribution in [0.4, 0.5) is 17.2 Å². The number of hydrogen-bond donors (Lipinski definition) is 2. The van der Waals surface area contributed by atoms with E-state index in [1.807, 2.05) is 6.07 Å². The first-order valence-electron chi connectivity index (χ1n) is 11.3. The number of methoxy groups -OCH3 is 1. The molecular weight excluding hydrogens is 416 g/mol. The number of ether oxygens (including phenoxy) is 2. The van der Waals surface area contributed by atoms with Gasteiger partial charge in [0.15, 0.2) is 5.82 Å². The summed E-state index contributed by atoms with van der Waals surface area (Å²) >= 11 is 0. The number of H-pyrrole nitrogens is 1. The monoisotopic (exact) mass is 442 g/mol. The number of rotatable bonds is 6. The van der Waals surface area contributed by atoms with Crippen LogP contribution in [0.3, 0.4) is 0 Å². The van der Waals surface area contributed by atoms with Crippen molar-refractivity contribution in [3.05, 3.63) is 66.1 Å². The summed E-state index contributed by atoms with van der Waals surface area (Å²) in [4.78, 5) is 12.0. The van der Waals surface area contributed by atoms with Gasteiger partial charge in [0, 0.05) is 30.8 Å². The summed E-state index contributed by atoms with van der Waals surface area (Å²) in [6.45, 7) is 3.18. The third-order valence-corrected chi connectivity index (χ3v) is 6.46. The van der Waals surface area contributed by atoms with Crippen molar-refractivity contribution in [2.45, 2.75) is 18.3 Å². The van der Waals surface area contributed by atoms with Crippen LogP contribution in [0.2, 0.25) is 0 Å². The molecule has 6 rings (SSSR count). The Morgan fingerprint density at radius 3 is 2.73 bits per heavy atom. The van der Waals surface area contributed by atoms with Crippen LogP contribution in [0.25, 0.3) is 11.0 Å². The van der Waals surface area contributed by atoms with Gasteiger partial charge in [-0.05, 0) is 30.0 Å². The average Bonchev–Trinajstić information content (AvgIpc) is 3.54. The molecule has 168 valence electrons. The molecule has 2 fully saturated rings. The number of aromatic amines is 1. The molecule has 33 heavy (non-hydrogen) atoms. The Bertz CT molecular complexity index is 1270. The van der Waals surface area contributed by atoms with Crippen molar-refractivity contribution in [3.63, 3.8) is 0 Å². The third kappa shape index (κ3) is 3.87. The molecule has 0 bridgehead atoms. The molecule has 2 aliphatic rings. The van der Waals surface area contributed by atoms with Crippen molar-refractivity contribution >= 4 is 28.2 Å². The Morgan fingerprint density at radius 1 is 1.06 bits per heavy atom. The van der Waals surface area contributed by atoms with Crippen LogP contribution in [0, 0.1) is 0 Å². The number of fused-ring (bicyclic) bond motifs is 1. The molecular formula is C25H26N6O2. The molecule has 1 aliphatic carbocycles. The van der Waals surface area contributed by atoms with E-state index in [4.69, 9.17) is 19.4 Å². The topological polar surface area (TPSA) is 88.2 Å². The number of nitrogens with zero attached hydrogens (tertiary/aromatic N) is 4. The van der Waals surface area contributed by atoms with Gasteiger partial charge < -0.3 is 19.7 Å².